The van der Waals surface area contributed by atoms with Crippen LogP contribution in [0.15, 0.2) is 60.4 Å². The molecule has 1 aliphatic carbocycles. The molecule has 1 aromatic carbocycles. The number of nitrogens with one attached hydrogen (secondary N) is 1. The number of carbonyl (C=O) groups is 2. The van der Waals surface area contributed by atoms with E-state index < -0.39 is 5.82 Å². The third kappa shape index (κ3) is 6.73. The average Bonchev–Trinajstić information content (AvgIpc) is 2.79. The van der Waals surface area contributed by atoms with E-state index in [1.165, 1.54) is 17.7 Å². The summed E-state index contributed by atoms with van der Waals surface area (Å²) in [6.07, 6.45) is 7.12. The molecule has 0 bridgehead atoms. The minimum Gasteiger partial charge on any atom is -0.351 e. The number of halogens is 1. The van der Waals surface area contributed by atoms with Crippen molar-refractivity contribution in [2.45, 2.75) is 40.2 Å². The Morgan fingerprint density at radius 3 is 2.70 bits per heavy atom. The molecule has 33 heavy (non-hydrogen) atoms. The maximum atomic E-state index is 13.4. The third-order valence-corrected chi connectivity index (χ3v) is 6.66. The molecule has 6 heteroatoms. The van der Waals surface area contributed by atoms with E-state index >= 15 is 0 Å². The van der Waals surface area contributed by atoms with Crippen molar-refractivity contribution >= 4 is 11.8 Å². The molecular weight excluding hydrogens is 417 g/mol. The Morgan fingerprint density at radius 2 is 2.03 bits per heavy atom. The first-order valence-corrected chi connectivity index (χ1v) is 11.6. The summed E-state index contributed by atoms with van der Waals surface area (Å²) in [6, 6.07) is 9.58. The predicted octanol–water partition coefficient (Wildman–Crippen LogP) is 4.85. The first kappa shape index (κ1) is 24.6. The Hall–Kier alpha value is -3.02. The molecule has 1 N–H and O–H groups in total. The second-order valence-electron chi connectivity index (χ2n) is 9.45. The van der Waals surface area contributed by atoms with Crippen molar-refractivity contribution in [3.05, 3.63) is 77.4 Å². The van der Waals surface area contributed by atoms with Gasteiger partial charge in [-0.3, -0.25) is 14.6 Å². The van der Waals surface area contributed by atoms with Crippen LogP contribution < -0.4 is 5.32 Å². The van der Waals surface area contributed by atoms with Crippen LogP contribution >= 0.6 is 0 Å². The molecule has 0 fully saturated rings. The number of amides is 2. The van der Waals surface area contributed by atoms with Crippen LogP contribution in [0.3, 0.4) is 0 Å². The molecule has 0 spiro atoms. The number of aromatic nitrogens is 1. The second kappa shape index (κ2) is 11.2. The molecule has 3 rings (SSSR count). The lowest BCUT2D eigenvalue weighted by Crippen LogP contribution is -2.38. The van der Waals surface area contributed by atoms with Crippen molar-refractivity contribution < 1.29 is 14.0 Å². The van der Waals surface area contributed by atoms with Gasteiger partial charge < -0.3 is 10.2 Å². The number of carbonyl (C=O) groups excluding carboxylic acids is 2. The van der Waals surface area contributed by atoms with Gasteiger partial charge in [0.05, 0.1) is 0 Å². The van der Waals surface area contributed by atoms with Crippen LogP contribution in [0.4, 0.5) is 4.39 Å². The van der Waals surface area contributed by atoms with Crippen LogP contribution in [0.1, 0.15) is 49.5 Å². The summed E-state index contributed by atoms with van der Waals surface area (Å²) in [6.45, 7) is 7.50. The molecule has 5 nitrogen and oxygen atoms in total. The van der Waals surface area contributed by atoms with Crippen molar-refractivity contribution in [1.29, 1.82) is 0 Å². The zero-order valence-electron chi connectivity index (χ0n) is 19.9. The fourth-order valence-electron chi connectivity index (χ4n) is 4.67. The standard InChI is InChI=1S/C27H34FN3O2/c1-18(2)25-13-22(14-26(32)31(4)17-20-7-6-10-29-15-20)19(3)11-23(25)16-30-27(33)21-8-5-9-24(28)12-21/h5-12,15,18,22-23,25H,13-14,16-17H2,1-4H3,(H,30,33). The summed E-state index contributed by atoms with van der Waals surface area (Å²) >= 11 is 0. The van der Waals surface area contributed by atoms with E-state index in [9.17, 15) is 14.0 Å². The fourth-order valence-corrected chi connectivity index (χ4v) is 4.67. The molecule has 0 saturated carbocycles. The molecule has 0 radical (unpaired) electrons. The normalized spacial score (nSPS) is 20.3. The zero-order valence-corrected chi connectivity index (χ0v) is 19.9. The van der Waals surface area contributed by atoms with Crippen LogP contribution in [-0.2, 0) is 11.3 Å². The molecule has 2 aromatic rings. The van der Waals surface area contributed by atoms with E-state index in [-0.39, 0.29) is 23.7 Å². The summed E-state index contributed by atoms with van der Waals surface area (Å²) in [7, 11) is 1.84. The maximum absolute atomic E-state index is 13.4. The van der Waals surface area contributed by atoms with E-state index in [0.29, 0.717) is 36.9 Å². The first-order chi connectivity index (χ1) is 15.7. The zero-order chi connectivity index (χ0) is 24.0. The van der Waals surface area contributed by atoms with Crippen molar-refractivity contribution in [2.75, 3.05) is 13.6 Å². The summed E-state index contributed by atoms with van der Waals surface area (Å²) in [5, 5.41) is 2.97. The van der Waals surface area contributed by atoms with E-state index in [4.69, 9.17) is 0 Å². The Balaban J connectivity index is 1.62. The van der Waals surface area contributed by atoms with Gasteiger partial charge in [-0.25, -0.2) is 4.39 Å². The van der Waals surface area contributed by atoms with Crippen LogP contribution in [-0.4, -0.2) is 35.3 Å². The van der Waals surface area contributed by atoms with Crippen LogP contribution in [0.25, 0.3) is 0 Å². The number of rotatable bonds is 8. The van der Waals surface area contributed by atoms with Gasteiger partial charge in [-0.2, -0.15) is 0 Å². The lowest BCUT2D eigenvalue weighted by atomic mass is 9.69. The SMILES string of the molecule is CC1=CC(CNC(=O)c2cccc(F)c2)C(C(C)C)CC1CC(=O)N(C)Cc1cccnc1. The summed E-state index contributed by atoms with van der Waals surface area (Å²) < 4.78 is 13.4. The lowest BCUT2D eigenvalue weighted by molar-refractivity contribution is -0.131. The predicted molar refractivity (Wildman–Crippen MR) is 128 cm³/mol. The molecule has 3 unspecified atom stereocenters. The molecule has 1 aliphatic rings. The van der Waals surface area contributed by atoms with Gasteiger partial charge in [0, 0.05) is 44.5 Å². The minimum atomic E-state index is -0.419. The largest absolute Gasteiger partial charge is 0.351 e. The lowest BCUT2D eigenvalue weighted by Gasteiger charge is -2.37. The highest BCUT2D eigenvalue weighted by molar-refractivity contribution is 5.94. The van der Waals surface area contributed by atoms with Gasteiger partial charge >= 0.3 is 0 Å². The average molecular weight is 452 g/mol. The monoisotopic (exact) mass is 451 g/mol. The van der Waals surface area contributed by atoms with Gasteiger partial charge in [-0.1, -0.05) is 37.6 Å². The first-order valence-electron chi connectivity index (χ1n) is 11.6. The Kier molecular flexibility index (Phi) is 8.37. The molecule has 1 aromatic heterocycles. The summed E-state index contributed by atoms with van der Waals surface area (Å²) in [5.41, 5.74) is 2.53. The molecule has 176 valence electrons. The third-order valence-electron chi connectivity index (χ3n) is 6.66. The number of nitrogens with zero attached hydrogens (tertiary/aromatic N) is 2. The van der Waals surface area contributed by atoms with Crippen LogP contribution in [0.5, 0.6) is 0 Å². The summed E-state index contributed by atoms with van der Waals surface area (Å²) in [5.74, 6) is 0.573. The molecule has 0 saturated heterocycles. The highest BCUT2D eigenvalue weighted by Crippen LogP contribution is 2.39. The van der Waals surface area contributed by atoms with Gasteiger partial charge in [-0.05, 0) is 66.8 Å². The maximum Gasteiger partial charge on any atom is 0.251 e. The highest BCUT2D eigenvalue weighted by Gasteiger charge is 2.33. The molecular formula is C27H34FN3O2. The Labute approximate surface area is 196 Å². The number of allylic oxidation sites excluding steroid dienone is 1. The molecule has 3 atom stereocenters. The van der Waals surface area contributed by atoms with E-state index in [0.717, 1.165) is 12.0 Å². The molecule has 1 heterocycles. The van der Waals surface area contributed by atoms with Gasteiger partial charge in [0.2, 0.25) is 5.91 Å². The fraction of sp³-hybridized carbons (Fsp3) is 0.444. The van der Waals surface area contributed by atoms with Crippen molar-refractivity contribution in [1.82, 2.24) is 15.2 Å². The molecule has 0 aliphatic heterocycles. The summed E-state index contributed by atoms with van der Waals surface area (Å²) in [4.78, 5) is 31.3. The van der Waals surface area contributed by atoms with Crippen molar-refractivity contribution in [3.63, 3.8) is 0 Å². The van der Waals surface area contributed by atoms with Crippen LogP contribution in [0.2, 0.25) is 0 Å². The number of hydrogen-bond acceptors (Lipinski definition) is 3. The van der Waals surface area contributed by atoms with Crippen LogP contribution in [0, 0.1) is 29.5 Å². The van der Waals surface area contributed by atoms with E-state index in [1.807, 2.05) is 19.2 Å². The number of pyridine rings is 1. The van der Waals surface area contributed by atoms with E-state index in [1.54, 1.807) is 29.4 Å². The Bertz CT molecular complexity index is 990. The number of hydrogen-bond donors (Lipinski definition) is 1. The van der Waals surface area contributed by atoms with Gasteiger partial charge in [0.25, 0.3) is 5.91 Å². The van der Waals surface area contributed by atoms with Gasteiger partial charge in [0.15, 0.2) is 0 Å². The number of benzene rings is 1. The van der Waals surface area contributed by atoms with E-state index in [2.05, 4.69) is 37.1 Å². The van der Waals surface area contributed by atoms with Gasteiger partial charge in [-0.15, -0.1) is 0 Å². The smallest absolute Gasteiger partial charge is 0.251 e. The Morgan fingerprint density at radius 1 is 1.24 bits per heavy atom. The van der Waals surface area contributed by atoms with Gasteiger partial charge in [0.1, 0.15) is 5.82 Å². The second-order valence-corrected chi connectivity index (χ2v) is 9.45. The quantitative estimate of drug-likeness (QED) is 0.584. The minimum absolute atomic E-state index is 0.122. The topological polar surface area (TPSA) is 62.3 Å². The highest BCUT2D eigenvalue weighted by atomic mass is 19.1. The molecule has 2 amide bonds. The van der Waals surface area contributed by atoms with Crippen molar-refractivity contribution in [3.8, 4) is 0 Å². The van der Waals surface area contributed by atoms with Crippen molar-refractivity contribution in [2.24, 2.45) is 23.7 Å².